The highest BCUT2D eigenvalue weighted by atomic mass is 16.7. The van der Waals surface area contributed by atoms with Crippen molar-refractivity contribution in [3.63, 3.8) is 0 Å². The molecule has 0 saturated carbocycles. The van der Waals surface area contributed by atoms with Crippen LogP contribution in [0.5, 0.6) is 0 Å². The number of ether oxygens (including phenoxy) is 3. The van der Waals surface area contributed by atoms with E-state index in [9.17, 15) is 0 Å². The molecule has 0 N–H and O–H groups in total. The Bertz CT molecular complexity index is 810. The first kappa shape index (κ1) is 23.9. The van der Waals surface area contributed by atoms with Crippen molar-refractivity contribution in [2.75, 3.05) is 27.1 Å². The summed E-state index contributed by atoms with van der Waals surface area (Å²) in [5, 5.41) is 0. The van der Waals surface area contributed by atoms with Gasteiger partial charge < -0.3 is 14.2 Å². The first-order valence-electron chi connectivity index (χ1n) is 11.3. The van der Waals surface area contributed by atoms with Gasteiger partial charge in [0.1, 0.15) is 12.4 Å². The lowest BCUT2D eigenvalue weighted by Gasteiger charge is -2.36. The Morgan fingerprint density at radius 3 is 1.72 bits per heavy atom. The average molecular weight is 431 g/mol. The van der Waals surface area contributed by atoms with E-state index in [1.165, 1.54) is 0 Å². The lowest BCUT2D eigenvalue weighted by molar-refractivity contribution is -0.0286. The Morgan fingerprint density at radius 2 is 1.25 bits per heavy atom. The van der Waals surface area contributed by atoms with Gasteiger partial charge in [-0.2, -0.15) is 0 Å². The molecule has 32 heavy (non-hydrogen) atoms. The summed E-state index contributed by atoms with van der Waals surface area (Å²) in [6.07, 6.45) is 6.24. The maximum Gasteiger partial charge on any atom is 0.146 e. The zero-order valence-electron chi connectivity index (χ0n) is 19.2. The van der Waals surface area contributed by atoms with Gasteiger partial charge in [-0.3, -0.25) is 0 Å². The Morgan fingerprint density at radius 1 is 0.750 bits per heavy atom. The van der Waals surface area contributed by atoms with Gasteiger partial charge in [0.25, 0.3) is 0 Å². The zero-order valence-corrected chi connectivity index (χ0v) is 19.2. The summed E-state index contributed by atoms with van der Waals surface area (Å²) in [6.45, 7) is 3.90. The molecule has 1 atom stereocenters. The van der Waals surface area contributed by atoms with E-state index in [1.807, 2.05) is 18.2 Å². The van der Waals surface area contributed by atoms with Crippen molar-refractivity contribution in [2.45, 2.75) is 25.4 Å². The van der Waals surface area contributed by atoms with E-state index < -0.39 is 5.60 Å². The summed E-state index contributed by atoms with van der Waals surface area (Å²) in [5.41, 5.74) is 2.75. The Balaban J connectivity index is 1.80. The fourth-order valence-corrected chi connectivity index (χ4v) is 3.84. The molecule has 0 radical (unpaired) electrons. The molecule has 3 rings (SSSR count). The van der Waals surface area contributed by atoms with Gasteiger partial charge in [0.05, 0.1) is 13.2 Å². The van der Waals surface area contributed by atoms with Crippen molar-refractivity contribution in [1.82, 2.24) is 0 Å². The first-order valence-corrected chi connectivity index (χ1v) is 11.3. The largest absolute Gasteiger partial charge is 0.361 e. The highest BCUT2D eigenvalue weighted by Crippen LogP contribution is 2.40. The number of methoxy groups -OCH3 is 1. The van der Waals surface area contributed by atoms with Crippen molar-refractivity contribution < 1.29 is 14.2 Å². The van der Waals surface area contributed by atoms with E-state index in [0.717, 1.165) is 29.5 Å². The number of allylic oxidation sites excluding steroid dienone is 1. The van der Waals surface area contributed by atoms with Crippen LogP contribution in [0.4, 0.5) is 0 Å². The molecular weight excluding hydrogens is 396 g/mol. The van der Waals surface area contributed by atoms with Crippen LogP contribution in [0.15, 0.2) is 103 Å². The highest BCUT2D eigenvalue weighted by molar-refractivity contribution is 5.47. The molecule has 0 amide bonds. The molecule has 168 valence electrons. The Hall–Kier alpha value is -2.72. The molecule has 3 heteroatoms. The van der Waals surface area contributed by atoms with Gasteiger partial charge in [-0.05, 0) is 35.4 Å². The van der Waals surface area contributed by atoms with Gasteiger partial charge in [-0.15, -0.1) is 0 Å². The van der Waals surface area contributed by atoms with Gasteiger partial charge in [0.2, 0.25) is 0 Å². The molecule has 3 aromatic rings. The SMILES string of the molecule is COCOCC/C=C/CC(C)COC(c1ccccc1)(c1ccccc1)c1ccccc1. The molecule has 3 nitrogen and oxygen atoms in total. The third-order valence-corrected chi connectivity index (χ3v) is 5.46. The van der Waals surface area contributed by atoms with Crippen LogP contribution in [0.25, 0.3) is 0 Å². The van der Waals surface area contributed by atoms with E-state index in [-0.39, 0.29) is 0 Å². The van der Waals surface area contributed by atoms with Gasteiger partial charge in [0, 0.05) is 7.11 Å². The van der Waals surface area contributed by atoms with Gasteiger partial charge >= 0.3 is 0 Å². The monoisotopic (exact) mass is 430 g/mol. The summed E-state index contributed by atoms with van der Waals surface area (Å²) in [5.74, 6) is 0.377. The fourth-order valence-electron chi connectivity index (χ4n) is 3.84. The molecule has 0 spiro atoms. The third-order valence-electron chi connectivity index (χ3n) is 5.46. The molecule has 3 aromatic carbocycles. The second-order valence-electron chi connectivity index (χ2n) is 8.01. The maximum absolute atomic E-state index is 6.88. The zero-order chi connectivity index (χ0) is 22.5. The highest BCUT2D eigenvalue weighted by Gasteiger charge is 2.37. The normalized spacial score (nSPS) is 12.8. The molecule has 0 saturated heterocycles. The minimum absolute atomic E-state index is 0.346. The van der Waals surface area contributed by atoms with E-state index in [1.54, 1.807) is 7.11 Å². The molecule has 0 heterocycles. The quantitative estimate of drug-likeness (QED) is 0.133. The lowest BCUT2D eigenvalue weighted by Crippen LogP contribution is -2.34. The van der Waals surface area contributed by atoms with Crippen LogP contribution in [-0.4, -0.2) is 27.1 Å². The minimum atomic E-state index is -0.657. The standard InChI is InChI=1S/C29H34O3/c1-25(15-7-6-14-22-31-24-30-2)23-32-29(26-16-8-3-9-17-26,27-18-10-4-11-19-27)28-20-12-5-13-21-28/h3-13,16-21,25H,14-15,22-24H2,1-2H3/b7-6+. The summed E-state index contributed by atoms with van der Waals surface area (Å²) >= 11 is 0. The summed E-state index contributed by atoms with van der Waals surface area (Å²) < 4.78 is 17.1. The van der Waals surface area contributed by atoms with Crippen LogP contribution in [0, 0.1) is 5.92 Å². The number of rotatable bonds is 13. The van der Waals surface area contributed by atoms with Crippen molar-refractivity contribution in [3.05, 3.63) is 120 Å². The average Bonchev–Trinajstić information content (AvgIpc) is 2.86. The predicted octanol–water partition coefficient (Wildman–Crippen LogP) is 6.59. The van der Waals surface area contributed by atoms with Crippen LogP contribution >= 0.6 is 0 Å². The van der Waals surface area contributed by atoms with E-state index in [0.29, 0.717) is 25.9 Å². The van der Waals surface area contributed by atoms with Crippen LogP contribution in [0.3, 0.4) is 0 Å². The van der Waals surface area contributed by atoms with Gasteiger partial charge in [-0.25, -0.2) is 0 Å². The topological polar surface area (TPSA) is 27.7 Å². The molecule has 0 aromatic heterocycles. The lowest BCUT2D eigenvalue weighted by atomic mass is 9.80. The Labute approximate surface area is 192 Å². The third kappa shape index (κ3) is 6.39. The number of hydrogen-bond acceptors (Lipinski definition) is 3. The Kier molecular flexibility index (Phi) is 9.70. The summed E-state index contributed by atoms with van der Waals surface area (Å²) in [4.78, 5) is 0. The summed E-state index contributed by atoms with van der Waals surface area (Å²) in [7, 11) is 1.64. The fraction of sp³-hybridized carbons (Fsp3) is 0.310. The van der Waals surface area contributed by atoms with Crippen molar-refractivity contribution in [1.29, 1.82) is 0 Å². The van der Waals surface area contributed by atoms with Crippen LogP contribution in [-0.2, 0) is 19.8 Å². The first-order chi connectivity index (χ1) is 15.8. The molecule has 1 unspecified atom stereocenters. The van der Waals surface area contributed by atoms with E-state index in [2.05, 4.69) is 91.9 Å². The second kappa shape index (κ2) is 13.0. The summed E-state index contributed by atoms with van der Waals surface area (Å²) in [6, 6.07) is 31.6. The van der Waals surface area contributed by atoms with Crippen molar-refractivity contribution in [3.8, 4) is 0 Å². The molecule has 0 aliphatic carbocycles. The van der Waals surface area contributed by atoms with E-state index >= 15 is 0 Å². The second-order valence-corrected chi connectivity index (χ2v) is 8.01. The number of benzene rings is 3. The van der Waals surface area contributed by atoms with Crippen LogP contribution in [0.1, 0.15) is 36.5 Å². The molecular formula is C29H34O3. The van der Waals surface area contributed by atoms with Crippen LogP contribution < -0.4 is 0 Å². The van der Waals surface area contributed by atoms with Crippen molar-refractivity contribution >= 4 is 0 Å². The molecule has 0 aliphatic rings. The predicted molar refractivity (Wildman–Crippen MR) is 131 cm³/mol. The maximum atomic E-state index is 6.88. The smallest absolute Gasteiger partial charge is 0.146 e. The molecule has 0 aliphatic heterocycles. The van der Waals surface area contributed by atoms with Crippen molar-refractivity contribution in [2.24, 2.45) is 5.92 Å². The minimum Gasteiger partial charge on any atom is -0.361 e. The van der Waals surface area contributed by atoms with Crippen LogP contribution in [0.2, 0.25) is 0 Å². The van der Waals surface area contributed by atoms with E-state index in [4.69, 9.17) is 14.2 Å². The number of hydrogen-bond donors (Lipinski definition) is 0. The van der Waals surface area contributed by atoms with Gasteiger partial charge in [0.15, 0.2) is 0 Å². The van der Waals surface area contributed by atoms with Gasteiger partial charge in [-0.1, -0.05) is 110 Å². The molecule has 0 fully saturated rings. The molecule has 0 bridgehead atoms.